The Morgan fingerprint density at radius 1 is 0.960 bits per heavy atom. The van der Waals surface area contributed by atoms with E-state index in [0.29, 0.717) is 6.10 Å². The van der Waals surface area contributed by atoms with Crippen LogP contribution in [0.15, 0.2) is 4.99 Å². The van der Waals surface area contributed by atoms with E-state index in [0.717, 1.165) is 58.1 Å². The zero-order valence-electron chi connectivity index (χ0n) is 16.4. The Morgan fingerprint density at radius 2 is 1.56 bits per heavy atom. The molecule has 1 fully saturated rings. The zero-order chi connectivity index (χ0) is 17.3. The summed E-state index contributed by atoms with van der Waals surface area (Å²) in [7, 11) is 1.83. The first-order valence-corrected chi connectivity index (χ1v) is 10.0. The van der Waals surface area contributed by atoms with Crippen LogP contribution in [0.3, 0.4) is 0 Å². The highest BCUT2D eigenvalue weighted by molar-refractivity contribution is 14.0. The number of rotatable bonds is 13. The van der Waals surface area contributed by atoms with Crippen LogP contribution < -0.4 is 10.6 Å². The number of hydrogen-bond acceptors (Lipinski definition) is 3. The Labute approximate surface area is 172 Å². The summed E-state index contributed by atoms with van der Waals surface area (Å²) in [5.74, 6) is 0.909. The maximum Gasteiger partial charge on any atom is 0.190 e. The van der Waals surface area contributed by atoms with Crippen LogP contribution in [0.1, 0.15) is 71.1 Å². The molecule has 0 amide bonds. The predicted molar refractivity (Wildman–Crippen MR) is 117 cm³/mol. The number of nitrogens with one attached hydrogen (secondary N) is 2. The molecule has 0 aromatic rings. The van der Waals surface area contributed by atoms with Crippen LogP contribution >= 0.6 is 24.0 Å². The highest BCUT2D eigenvalue weighted by Crippen LogP contribution is 2.10. The molecule has 0 aromatic heterocycles. The van der Waals surface area contributed by atoms with Crippen molar-refractivity contribution in [2.75, 3.05) is 40.0 Å². The van der Waals surface area contributed by atoms with Gasteiger partial charge in [-0.3, -0.25) is 4.99 Å². The summed E-state index contributed by atoms with van der Waals surface area (Å²) >= 11 is 0. The Bertz CT molecular complexity index is 311. The minimum Gasteiger partial charge on any atom is -0.381 e. The molecule has 0 atom stereocenters. The van der Waals surface area contributed by atoms with E-state index in [-0.39, 0.29) is 24.0 Å². The highest BCUT2D eigenvalue weighted by atomic mass is 127. The lowest BCUT2D eigenvalue weighted by Crippen LogP contribution is -2.38. The third-order valence-electron chi connectivity index (χ3n) is 4.43. The molecule has 2 N–H and O–H groups in total. The zero-order valence-corrected chi connectivity index (χ0v) is 18.7. The third-order valence-corrected chi connectivity index (χ3v) is 4.43. The summed E-state index contributed by atoms with van der Waals surface area (Å²) in [6, 6.07) is 0. The number of halogens is 1. The first-order chi connectivity index (χ1) is 11.9. The summed E-state index contributed by atoms with van der Waals surface area (Å²) in [6.45, 7) is 6.67. The second-order valence-corrected chi connectivity index (χ2v) is 6.58. The molecule has 1 rings (SSSR count). The van der Waals surface area contributed by atoms with Gasteiger partial charge in [0.25, 0.3) is 0 Å². The van der Waals surface area contributed by atoms with Crippen LogP contribution in [0, 0.1) is 0 Å². The topological polar surface area (TPSA) is 54.9 Å². The molecular weight excluding hydrogens is 429 g/mol. The van der Waals surface area contributed by atoms with Gasteiger partial charge >= 0.3 is 0 Å². The van der Waals surface area contributed by atoms with Crippen molar-refractivity contribution in [2.45, 2.75) is 77.2 Å². The minimum absolute atomic E-state index is 0. The van der Waals surface area contributed by atoms with Gasteiger partial charge in [0.1, 0.15) is 0 Å². The molecule has 1 aliphatic rings. The summed E-state index contributed by atoms with van der Waals surface area (Å²) < 4.78 is 11.2. The molecule has 0 bridgehead atoms. The minimum atomic E-state index is 0. The fourth-order valence-corrected chi connectivity index (χ4v) is 2.88. The summed E-state index contributed by atoms with van der Waals surface area (Å²) in [5, 5.41) is 6.75. The van der Waals surface area contributed by atoms with E-state index >= 15 is 0 Å². The molecule has 0 saturated carbocycles. The van der Waals surface area contributed by atoms with Crippen molar-refractivity contribution in [2.24, 2.45) is 4.99 Å². The average Bonchev–Trinajstić information content (AvgIpc) is 2.62. The fraction of sp³-hybridized carbons (Fsp3) is 0.947. The van der Waals surface area contributed by atoms with Crippen molar-refractivity contribution in [3.63, 3.8) is 0 Å². The average molecular weight is 469 g/mol. The van der Waals surface area contributed by atoms with Crippen molar-refractivity contribution in [3.8, 4) is 0 Å². The maximum absolute atomic E-state index is 5.87. The molecule has 0 unspecified atom stereocenters. The Morgan fingerprint density at radius 3 is 2.20 bits per heavy atom. The van der Waals surface area contributed by atoms with Gasteiger partial charge in [0.05, 0.1) is 6.10 Å². The molecule has 0 aliphatic carbocycles. The molecule has 6 heteroatoms. The van der Waals surface area contributed by atoms with E-state index in [1.54, 1.807) is 0 Å². The summed E-state index contributed by atoms with van der Waals surface area (Å²) in [4.78, 5) is 4.27. The van der Waals surface area contributed by atoms with Gasteiger partial charge in [0.2, 0.25) is 0 Å². The number of nitrogens with zero attached hydrogens (tertiary/aromatic N) is 1. The van der Waals surface area contributed by atoms with E-state index in [9.17, 15) is 0 Å². The van der Waals surface area contributed by atoms with E-state index in [1.165, 1.54) is 44.9 Å². The molecule has 0 spiro atoms. The van der Waals surface area contributed by atoms with Crippen LogP contribution in [0.4, 0.5) is 0 Å². The quantitative estimate of drug-likeness (QED) is 0.185. The van der Waals surface area contributed by atoms with Gasteiger partial charge < -0.3 is 20.1 Å². The Kier molecular flexibility index (Phi) is 18.6. The lowest BCUT2D eigenvalue weighted by Gasteiger charge is -2.22. The summed E-state index contributed by atoms with van der Waals surface area (Å²) in [6.07, 6.45) is 12.9. The molecule has 25 heavy (non-hydrogen) atoms. The van der Waals surface area contributed by atoms with E-state index in [1.807, 2.05) is 7.05 Å². The standard InChI is InChI=1S/C19H39N3O2.HI/c1-3-4-5-6-7-8-9-13-21-19(20-2)22-14-10-15-24-18-11-16-23-17-12-18;/h18H,3-17H2,1-2H3,(H2,20,21,22);1H. The van der Waals surface area contributed by atoms with E-state index in [4.69, 9.17) is 9.47 Å². The molecule has 1 heterocycles. The van der Waals surface area contributed by atoms with Gasteiger partial charge in [0.15, 0.2) is 5.96 Å². The van der Waals surface area contributed by atoms with Crippen molar-refractivity contribution in [3.05, 3.63) is 0 Å². The number of hydrogen-bond donors (Lipinski definition) is 2. The molecule has 0 aromatic carbocycles. The van der Waals surface area contributed by atoms with Gasteiger partial charge in [-0.25, -0.2) is 0 Å². The van der Waals surface area contributed by atoms with Crippen molar-refractivity contribution < 1.29 is 9.47 Å². The second kappa shape index (κ2) is 18.7. The van der Waals surface area contributed by atoms with Gasteiger partial charge in [-0.05, 0) is 25.7 Å². The number of unbranched alkanes of at least 4 members (excludes halogenated alkanes) is 6. The Balaban J connectivity index is 0.00000576. The van der Waals surface area contributed by atoms with Crippen molar-refractivity contribution in [1.29, 1.82) is 0 Å². The SMILES string of the molecule is CCCCCCCCCNC(=NC)NCCCOC1CCOCC1.I. The predicted octanol–water partition coefficient (Wildman–Crippen LogP) is 4.11. The number of ether oxygens (including phenoxy) is 2. The monoisotopic (exact) mass is 469 g/mol. The fourth-order valence-electron chi connectivity index (χ4n) is 2.88. The Hall–Kier alpha value is -0.0800. The number of aliphatic imine (C=N–C) groups is 1. The van der Waals surface area contributed by atoms with Gasteiger partial charge in [-0.15, -0.1) is 24.0 Å². The smallest absolute Gasteiger partial charge is 0.190 e. The number of guanidine groups is 1. The van der Waals surface area contributed by atoms with Gasteiger partial charge in [0, 0.05) is 40.0 Å². The van der Waals surface area contributed by atoms with Crippen LogP contribution in [0.5, 0.6) is 0 Å². The van der Waals surface area contributed by atoms with E-state index < -0.39 is 0 Å². The first kappa shape index (κ1) is 24.9. The summed E-state index contributed by atoms with van der Waals surface area (Å²) in [5.41, 5.74) is 0. The van der Waals surface area contributed by atoms with Crippen molar-refractivity contribution >= 4 is 29.9 Å². The molecule has 150 valence electrons. The largest absolute Gasteiger partial charge is 0.381 e. The van der Waals surface area contributed by atoms with Crippen LogP contribution in [-0.4, -0.2) is 52.0 Å². The van der Waals surface area contributed by atoms with Gasteiger partial charge in [-0.1, -0.05) is 45.4 Å². The highest BCUT2D eigenvalue weighted by Gasteiger charge is 2.13. The molecular formula is C19H40IN3O2. The third kappa shape index (κ3) is 14.7. The molecule has 1 saturated heterocycles. The van der Waals surface area contributed by atoms with Crippen LogP contribution in [0.25, 0.3) is 0 Å². The van der Waals surface area contributed by atoms with E-state index in [2.05, 4.69) is 22.5 Å². The first-order valence-electron chi connectivity index (χ1n) is 10.0. The molecule has 0 radical (unpaired) electrons. The maximum atomic E-state index is 5.87. The molecule has 5 nitrogen and oxygen atoms in total. The lowest BCUT2D eigenvalue weighted by atomic mass is 10.1. The lowest BCUT2D eigenvalue weighted by molar-refractivity contribution is -0.0320. The van der Waals surface area contributed by atoms with Crippen molar-refractivity contribution in [1.82, 2.24) is 10.6 Å². The van der Waals surface area contributed by atoms with Gasteiger partial charge in [-0.2, -0.15) is 0 Å². The van der Waals surface area contributed by atoms with Crippen LogP contribution in [-0.2, 0) is 9.47 Å². The molecule has 1 aliphatic heterocycles. The van der Waals surface area contributed by atoms with Crippen LogP contribution in [0.2, 0.25) is 0 Å². The second-order valence-electron chi connectivity index (χ2n) is 6.58. The normalized spacial score (nSPS) is 15.7.